The minimum absolute atomic E-state index is 0.316. The number of pyridine rings is 1. The Hall–Kier alpha value is -2.89. The Kier molecular flexibility index (Phi) is 5.79. The van der Waals surface area contributed by atoms with Crippen LogP contribution in [0.2, 0.25) is 10.0 Å². The number of ether oxygens (including phenoxy) is 1. The van der Waals surface area contributed by atoms with Gasteiger partial charge in [0.25, 0.3) is 0 Å². The molecular weight excluding hydrogens is 411 g/mol. The van der Waals surface area contributed by atoms with Gasteiger partial charge in [0.2, 0.25) is 5.89 Å². The Balaban J connectivity index is 1.43. The van der Waals surface area contributed by atoms with Crippen molar-refractivity contribution in [3.63, 3.8) is 0 Å². The molecule has 0 bridgehead atoms. The van der Waals surface area contributed by atoms with Gasteiger partial charge in [0.05, 0.1) is 12.2 Å². The fourth-order valence-corrected chi connectivity index (χ4v) is 3.43. The molecule has 7 heteroatoms. The van der Waals surface area contributed by atoms with Gasteiger partial charge in [0, 0.05) is 27.5 Å². The summed E-state index contributed by atoms with van der Waals surface area (Å²) in [5, 5.41) is 0.981. The van der Waals surface area contributed by atoms with E-state index in [2.05, 4.69) is 9.97 Å². The maximum absolute atomic E-state index is 12.3. The monoisotopic (exact) mass is 426 g/mol. The molecule has 0 amide bonds. The van der Waals surface area contributed by atoms with E-state index in [9.17, 15) is 4.79 Å². The van der Waals surface area contributed by atoms with Crippen LogP contribution in [0, 0.1) is 0 Å². The van der Waals surface area contributed by atoms with Gasteiger partial charge in [-0.15, -0.1) is 0 Å². The number of aryl methyl sites for hydroxylation is 1. The topological polar surface area (TPSA) is 65.2 Å². The third-order valence-electron chi connectivity index (χ3n) is 4.27. The molecule has 0 atom stereocenters. The van der Waals surface area contributed by atoms with Gasteiger partial charge in [-0.1, -0.05) is 29.3 Å². The Morgan fingerprint density at radius 2 is 1.86 bits per heavy atom. The molecule has 0 unspecified atom stereocenters. The number of oxazole rings is 1. The number of benzene rings is 2. The van der Waals surface area contributed by atoms with Crippen molar-refractivity contribution in [1.82, 2.24) is 9.97 Å². The molecule has 0 aliphatic carbocycles. The molecule has 0 radical (unpaired) electrons. The molecule has 2 aromatic carbocycles. The van der Waals surface area contributed by atoms with E-state index in [-0.39, 0.29) is 0 Å². The van der Waals surface area contributed by atoms with Crippen LogP contribution in [-0.4, -0.2) is 22.5 Å². The van der Waals surface area contributed by atoms with Gasteiger partial charge in [0.1, 0.15) is 5.52 Å². The Labute approximate surface area is 177 Å². The molecule has 5 nitrogen and oxygen atoms in total. The van der Waals surface area contributed by atoms with E-state index in [1.165, 1.54) is 0 Å². The predicted octanol–water partition coefficient (Wildman–Crippen LogP) is 5.99. The van der Waals surface area contributed by atoms with Gasteiger partial charge >= 0.3 is 5.97 Å². The first-order valence-corrected chi connectivity index (χ1v) is 9.78. The van der Waals surface area contributed by atoms with Crippen molar-refractivity contribution in [3.8, 4) is 11.5 Å². The molecule has 0 aliphatic rings. The first-order valence-electron chi connectivity index (χ1n) is 9.02. The average molecular weight is 427 g/mol. The maximum Gasteiger partial charge on any atom is 0.338 e. The highest BCUT2D eigenvalue weighted by Crippen LogP contribution is 2.29. The van der Waals surface area contributed by atoms with Gasteiger partial charge in [-0.3, -0.25) is 4.98 Å². The highest BCUT2D eigenvalue weighted by molar-refractivity contribution is 6.35. The molecule has 4 rings (SSSR count). The van der Waals surface area contributed by atoms with Gasteiger partial charge in [0.15, 0.2) is 5.58 Å². The smallest absolute Gasteiger partial charge is 0.338 e. The number of hydrogen-bond acceptors (Lipinski definition) is 5. The van der Waals surface area contributed by atoms with Crippen molar-refractivity contribution < 1.29 is 13.9 Å². The lowest BCUT2D eigenvalue weighted by atomic mass is 10.2. The van der Waals surface area contributed by atoms with E-state index in [0.29, 0.717) is 51.2 Å². The summed E-state index contributed by atoms with van der Waals surface area (Å²) < 4.78 is 11.2. The van der Waals surface area contributed by atoms with Gasteiger partial charge in [-0.2, -0.15) is 0 Å². The minimum atomic E-state index is -0.406. The predicted molar refractivity (Wildman–Crippen MR) is 112 cm³/mol. The van der Waals surface area contributed by atoms with Crippen LogP contribution in [0.4, 0.5) is 0 Å². The zero-order valence-corrected chi connectivity index (χ0v) is 16.8. The molecule has 0 saturated heterocycles. The van der Waals surface area contributed by atoms with Crippen molar-refractivity contribution in [2.24, 2.45) is 0 Å². The molecule has 0 saturated carbocycles. The molecule has 0 fully saturated rings. The second-order valence-electron chi connectivity index (χ2n) is 6.42. The fraction of sp³-hybridized carbons (Fsp3) is 0.136. The van der Waals surface area contributed by atoms with Crippen molar-refractivity contribution in [3.05, 3.63) is 82.1 Å². The third-order valence-corrected chi connectivity index (χ3v) is 4.71. The summed E-state index contributed by atoms with van der Waals surface area (Å²) in [7, 11) is 0. The van der Waals surface area contributed by atoms with Gasteiger partial charge < -0.3 is 9.15 Å². The van der Waals surface area contributed by atoms with Crippen LogP contribution in [0.3, 0.4) is 0 Å². The van der Waals surface area contributed by atoms with Crippen LogP contribution in [0.15, 0.2) is 65.2 Å². The summed E-state index contributed by atoms with van der Waals surface area (Å²) in [5.41, 5.74) is 3.15. The lowest BCUT2D eigenvalue weighted by molar-refractivity contribution is 0.0500. The molecule has 4 aromatic rings. The number of rotatable bonds is 6. The average Bonchev–Trinajstić information content (AvgIpc) is 3.14. The first kappa shape index (κ1) is 19.4. The number of nitrogens with zero attached hydrogens (tertiary/aromatic N) is 2. The lowest BCUT2D eigenvalue weighted by Crippen LogP contribution is -2.07. The Morgan fingerprint density at radius 1 is 1.03 bits per heavy atom. The molecule has 146 valence electrons. The van der Waals surface area contributed by atoms with E-state index in [0.717, 1.165) is 12.1 Å². The van der Waals surface area contributed by atoms with Gasteiger partial charge in [-0.05, 0) is 61.4 Å². The van der Waals surface area contributed by atoms with E-state index in [1.54, 1.807) is 42.6 Å². The summed E-state index contributed by atoms with van der Waals surface area (Å²) in [6.07, 6.45) is 3.20. The fourth-order valence-electron chi connectivity index (χ4n) is 2.90. The number of fused-ring (bicyclic) bond motifs is 1. The maximum atomic E-state index is 12.3. The van der Waals surface area contributed by atoms with E-state index in [4.69, 9.17) is 32.4 Å². The quantitative estimate of drug-likeness (QED) is 0.280. The Bertz CT molecular complexity index is 1140. The highest BCUT2D eigenvalue weighted by atomic mass is 35.5. The highest BCUT2D eigenvalue weighted by Gasteiger charge is 2.14. The standard InChI is InChI=1S/C22H16Cl2N2O3/c23-16-10-15(11-17(24)13-16)21-26-19-7-6-14(12-20(19)29-21)22(27)28-9-3-5-18-4-1-2-8-25-18/h1-2,4,6-8,10-13H,3,5,9H2. The van der Waals surface area contributed by atoms with Crippen LogP contribution < -0.4 is 0 Å². The number of carbonyl (C=O) groups is 1. The molecule has 2 heterocycles. The minimum Gasteiger partial charge on any atom is -0.462 e. The van der Waals surface area contributed by atoms with Crippen molar-refractivity contribution in [2.45, 2.75) is 12.8 Å². The van der Waals surface area contributed by atoms with Crippen molar-refractivity contribution in [2.75, 3.05) is 6.61 Å². The molecular formula is C22H16Cl2N2O3. The largest absolute Gasteiger partial charge is 0.462 e. The van der Waals surface area contributed by atoms with E-state index in [1.807, 2.05) is 18.2 Å². The van der Waals surface area contributed by atoms with Crippen molar-refractivity contribution >= 4 is 40.3 Å². The first-order chi connectivity index (χ1) is 14.1. The van der Waals surface area contributed by atoms with Crippen LogP contribution in [0.25, 0.3) is 22.6 Å². The SMILES string of the molecule is O=C(OCCCc1ccccn1)c1ccc2nc(-c3cc(Cl)cc(Cl)c3)oc2c1. The second kappa shape index (κ2) is 8.64. The molecule has 2 aromatic heterocycles. The molecule has 29 heavy (non-hydrogen) atoms. The third kappa shape index (κ3) is 4.75. The van der Waals surface area contributed by atoms with Gasteiger partial charge in [-0.25, -0.2) is 9.78 Å². The number of aromatic nitrogens is 2. The van der Waals surface area contributed by atoms with Crippen molar-refractivity contribution in [1.29, 1.82) is 0 Å². The van der Waals surface area contributed by atoms with Crippen LogP contribution in [0.5, 0.6) is 0 Å². The van der Waals surface area contributed by atoms with Crippen LogP contribution >= 0.6 is 23.2 Å². The summed E-state index contributed by atoms with van der Waals surface area (Å²) >= 11 is 12.1. The Morgan fingerprint density at radius 3 is 2.62 bits per heavy atom. The molecule has 0 aliphatic heterocycles. The summed E-state index contributed by atoms with van der Waals surface area (Å²) in [5.74, 6) is -0.0260. The van der Waals surface area contributed by atoms with E-state index < -0.39 is 5.97 Å². The number of carbonyl (C=O) groups excluding carboxylic acids is 1. The summed E-state index contributed by atoms with van der Waals surface area (Å²) in [6, 6.07) is 15.8. The normalized spacial score (nSPS) is 11.0. The molecule has 0 N–H and O–H groups in total. The zero-order chi connectivity index (χ0) is 20.2. The lowest BCUT2D eigenvalue weighted by Gasteiger charge is -2.04. The zero-order valence-electron chi connectivity index (χ0n) is 15.3. The summed E-state index contributed by atoms with van der Waals surface area (Å²) in [6.45, 7) is 0.316. The molecule has 0 spiro atoms. The summed E-state index contributed by atoms with van der Waals surface area (Å²) in [4.78, 5) is 21.0. The second-order valence-corrected chi connectivity index (χ2v) is 7.29. The van der Waals surface area contributed by atoms with E-state index >= 15 is 0 Å². The number of hydrogen-bond donors (Lipinski definition) is 0. The van der Waals surface area contributed by atoms with Crippen LogP contribution in [-0.2, 0) is 11.2 Å². The number of halogens is 2. The van der Waals surface area contributed by atoms with Crippen LogP contribution in [0.1, 0.15) is 22.5 Å². The number of esters is 1.